The Kier molecular flexibility index (Phi) is 5.71. The Morgan fingerprint density at radius 3 is 2.35 bits per heavy atom. The Bertz CT molecular complexity index is 488. The summed E-state index contributed by atoms with van der Waals surface area (Å²) in [6.45, 7) is 6.10. The molecule has 0 radical (unpaired) electrons. The van der Waals surface area contributed by atoms with E-state index in [1.54, 1.807) is 0 Å². The number of rotatable bonds is 5. The van der Waals surface area contributed by atoms with Crippen molar-refractivity contribution in [3.05, 3.63) is 35.9 Å². The van der Waals surface area contributed by atoms with Gasteiger partial charge in [0.15, 0.2) is 0 Å². The molecule has 2 fully saturated rings. The highest BCUT2D eigenvalue weighted by Crippen LogP contribution is 2.27. The minimum absolute atomic E-state index is 0.0410. The summed E-state index contributed by atoms with van der Waals surface area (Å²) >= 11 is 0. The summed E-state index contributed by atoms with van der Waals surface area (Å²) in [5.41, 5.74) is 1.18. The molecule has 1 saturated carbocycles. The van der Waals surface area contributed by atoms with Gasteiger partial charge in [0, 0.05) is 32.2 Å². The zero-order chi connectivity index (χ0) is 16.1. The normalized spacial score (nSPS) is 21.5. The maximum Gasteiger partial charge on any atom is 0.230 e. The molecule has 3 rings (SSSR count). The van der Waals surface area contributed by atoms with Crippen molar-refractivity contribution in [2.24, 2.45) is 0 Å². The molecular weight excluding hydrogens is 284 g/mol. The van der Waals surface area contributed by atoms with Crippen molar-refractivity contribution in [2.45, 2.75) is 57.4 Å². The van der Waals surface area contributed by atoms with E-state index < -0.39 is 0 Å². The first-order valence-electron chi connectivity index (χ1n) is 9.37. The van der Waals surface area contributed by atoms with Gasteiger partial charge in [0.2, 0.25) is 5.91 Å². The minimum atomic E-state index is 0.0410. The second kappa shape index (κ2) is 7.96. The highest BCUT2D eigenvalue weighted by atomic mass is 16.2. The minimum Gasteiger partial charge on any atom is -0.340 e. The van der Waals surface area contributed by atoms with E-state index in [1.165, 1.54) is 31.2 Å². The van der Waals surface area contributed by atoms with Gasteiger partial charge in [0.1, 0.15) is 0 Å². The van der Waals surface area contributed by atoms with Crippen LogP contribution in [-0.4, -0.2) is 47.9 Å². The van der Waals surface area contributed by atoms with Crippen LogP contribution >= 0.6 is 0 Å². The van der Waals surface area contributed by atoms with E-state index in [4.69, 9.17) is 0 Å². The predicted octanol–water partition coefficient (Wildman–Crippen LogP) is 3.66. The highest BCUT2D eigenvalue weighted by Gasteiger charge is 2.30. The Morgan fingerprint density at radius 1 is 1.09 bits per heavy atom. The molecule has 1 heterocycles. The van der Waals surface area contributed by atoms with Crippen LogP contribution in [0, 0.1) is 0 Å². The van der Waals surface area contributed by atoms with E-state index >= 15 is 0 Å². The van der Waals surface area contributed by atoms with Crippen LogP contribution in [0.1, 0.15) is 56.9 Å². The molecule has 1 aliphatic carbocycles. The van der Waals surface area contributed by atoms with Crippen LogP contribution in [0.2, 0.25) is 0 Å². The van der Waals surface area contributed by atoms with Crippen molar-refractivity contribution in [2.75, 3.05) is 26.2 Å². The standard InChI is InChI=1S/C20H30N2O/c1-2-8-19(17-9-4-3-5-10-17)20(23)22-15-13-21(14-16-22)18-11-6-7-12-18/h3-5,9-10,18-19H,2,6-8,11-16H2,1H3. The SMILES string of the molecule is CCCC(C(=O)N1CCN(C2CCCC2)CC1)c1ccccc1. The first-order valence-corrected chi connectivity index (χ1v) is 9.37. The number of benzene rings is 1. The Morgan fingerprint density at radius 2 is 1.74 bits per heavy atom. The number of hydrogen-bond acceptors (Lipinski definition) is 2. The molecule has 23 heavy (non-hydrogen) atoms. The lowest BCUT2D eigenvalue weighted by Gasteiger charge is -2.39. The van der Waals surface area contributed by atoms with E-state index in [2.05, 4.69) is 28.9 Å². The zero-order valence-electron chi connectivity index (χ0n) is 14.4. The number of amides is 1. The maximum absolute atomic E-state index is 13.0. The molecule has 0 bridgehead atoms. The molecule has 3 heteroatoms. The third-order valence-corrected chi connectivity index (χ3v) is 5.54. The van der Waals surface area contributed by atoms with Crippen LogP contribution in [0.15, 0.2) is 30.3 Å². The van der Waals surface area contributed by atoms with Crippen LogP contribution in [0.25, 0.3) is 0 Å². The van der Waals surface area contributed by atoms with Gasteiger partial charge < -0.3 is 4.90 Å². The summed E-state index contributed by atoms with van der Waals surface area (Å²) < 4.78 is 0. The molecule has 1 atom stereocenters. The van der Waals surface area contributed by atoms with Gasteiger partial charge in [-0.05, 0) is 24.8 Å². The van der Waals surface area contributed by atoms with Crippen molar-refractivity contribution in [3.63, 3.8) is 0 Å². The smallest absolute Gasteiger partial charge is 0.230 e. The van der Waals surface area contributed by atoms with Gasteiger partial charge in [-0.15, -0.1) is 0 Å². The van der Waals surface area contributed by atoms with Gasteiger partial charge in [-0.25, -0.2) is 0 Å². The molecule has 0 spiro atoms. The molecule has 1 unspecified atom stereocenters. The lowest BCUT2D eigenvalue weighted by molar-refractivity contribution is -0.135. The quantitative estimate of drug-likeness (QED) is 0.828. The average Bonchev–Trinajstić information content (AvgIpc) is 3.15. The molecule has 1 aromatic rings. The number of hydrogen-bond donors (Lipinski definition) is 0. The molecule has 3 nitrogen and oxygen atoms in total. The second-order valence-electron chi connectivity index (χ2n) is 7.05. The average molecular weight is 314 g/mol. The fourth-order valence-corrected chi connectivity index (χ4v) is 4.20. The molecule has 2 aliphatic rings. The molecule has 1 amide bonds. The van der Waals surface area contributed by atoms with Crippen LogP contribution in [0.4, 0.5) is 0 Å². The zero-order valence-corrected chi connectivity index (χ0v) is 14.4. The third kappa shape index (κ3) is 3.95. The summed E-state index contributed by atoms with van der Waals surface area (Å²) in [5, 5.41) is 0. The fourth-order valence-electron chi connectivity index (χ4n) is 4.20. The molecule has 1 aliphatic heterocycles. The first kappa shape index (κ1) is 16.5. The van der Waals surface area contributed by atoms with Crippen LogP contribution in [0.3, 0.4) is 0 Å². The predicted molar refractivity (Wildman–Crippen MR) is 94.5 cm³/mol. The van der Waals surface area contributed by atoms with Crippen molar-refractivity contribution in [3.8, 4) is 0 Å². The maximum atomic E-state index is 13.0. The molecular formula is C20H30N2O. The van der Waals surface area contributed by atoms with E-state index in [0.717, 1.165) is 45.1 Å². The number of nitrogens with zero attached hydrogens (tertiary/aromatic N) is 2. The van der Waals surface area contributed by atoms with E-state index in [1.807, 2.05) is 18.2 Å². The number of carbonyl (C=O) groups excluding carboxylic acids is 1. The largest absolute Gasteiger partial charge is 0.340 e. The van der Waals surface area contributed by atoms with Gasteiger partial charge in [0.05, 0.1) is 5.92 Å². The van der Waals surface area contributed by atoms with Crippen molar-refractivity contribution in [1.82, 2.24) is 9.80 Å². The summed E-state index contributed by atoms with van der Waals surface area (Å²) in [4.78, 5) is 17.8. The Labute approximate surface area is 140 Å². The fraction of sp³-hybridized carbons (Fsp3) is 0.650. The van der Waals surface area contributed by atoms with Crippen molar-refractivity contribution >= 4 is 5.91 Å². The summed E-state index contributed by atoms with van der Waals surface area (Å²) in [6.07, 6.45) is 7.48. The Balaban J connectivity index is 1.60. The van der Waals surface area contributed by atoms with Crippen molar-refractivity contribution < 1.29 is 4.79 Å². The first-order chi connectivity index (χ1) is 11.3. The van der Waals surface area contributed by atoms with Crippen LogP contribution < -0.4 is 0 Å². The van der Waals surface area contributed by atoms with Gasteiger partial charge >= 0.3 is 0 Å². The van der Waals surface area contributed by atoms with E-state index in [9.17, 15) is 4.79 Å². The number of piperazine rings is 1. The molecule has 126 valence electrons. The second-order valence-corrected chi connectivity index (χ2v) is 7.05. The molecule has 1 aromatic carbocycles. The lowest BCUT2D eigenvalue weighted by Crippen LogP contribution is -2.52. The van der Waals surface area contributed by atoms with Gasteiger partial charge in [-0.1, -0.05) is 56.5 Å². The van der Waals surface area contributed by atoms with E-state index in [0.29, 0.717) is 5.91 Å². The number of carbonyl (C=O) groups is 1. The van der Waals surface area contributed by atoms with Gasteiger partial charge in [0.25, 0.3) is 0 Å². The molecule has 0 aromatic heterocycles. The monoisotopic (exact) mass is 314 g/mol. The van der Waals surface area contributed by atoms with Gasteiger partial charge in [-0.3, -0.25) is 9.69 Å². The van der Waals surface area contributed by atoms with Crippen molar-refractivity contribution in [1.29, 1.82) is 0 Å². The molecule has 1 saturated heterocycles. The van der Waals surface area contributed by atoms with Gasteiger partial charge in [-0.2, -0.15) is 0 Å². The lowest BCUT2D eigenvalue weighted by atomic mass is 9.93. The summed E-state index contributed by atoms with van der Waals surface area (Å²) in [6, 6.07) is 11.1. The third-order valence-electron chi connectivity index (χ3n) is 5.54. The Hall–Kier alpha value is -1.35. The van der Waals surface area contributed by atoms with E-state index in [-0.39, 0.29) is 5.92 Å². The highest BCUT2D eigenvalue weighted by molar-refractivity contribution is 5.83. The van der Waals surface area contributed by atoms with Crippen LogP contribution in [-0.2, 0) is 4.79 Å². The molecule has 0 N–H and O–H groups in total. The van der Waals surface area contributed by atoms with Crippen LogP contribution in [0.5, 0.6) is 0 Å². The summed E-state index contributed by atoms with van der Waals surface area (Å²) in [7, 11) is 0. The summed E-state index contributed by atoms with van der Waals surface area (Å²) in [5.74, 6) is 0.378. The topological polar surface area (TPSA) is 23.6 Å².